The van der Waals surface area contributed by atoms with Gasteiger partial charge in [-0.25, -0.2) is 13.6 Å². The summed E-state index contributed by atoms with van der Waals surface area (Å²) in [6.45, 7) is 6.99. The Morgan fingerprint density at radius 2 is 1.83 bits per heavy atom. The largest absolute Gasteiger partial charge is 0.461 e. The SMILES string of the molecule is CC(C)(C)OC(=O)N1CCN(c2c(F)cc(NCC(CN)OC=O)cc2F)CC1. The van der Waals surface area contributed by atoms with E-state index in [-0.39, 0.29) is 44.0 Å². The van der Waals surface area contributed by atoms with Crippen molar-refractivity contribution in [2.24, 2.45) is 5.73 Å². The quantitative estimate of drug-likeness (QED) is 0.658. The van der Waals surface area contributed by atoms with E-state index >= 15 is 0 Å². The lowest BCUT2D eigenvalue weighted by molar-refractivity contribution is -0.132. The molecule has 2 rings (SSSR count). The standard InChI is InChI=1S/C19H28F2N4O4/c1-19(2,3)29-18(27)25-6-4-24(5-7-25)17-15(20)8-13(9-16(17)21)23-11-14(10-22)28-12-26/h8-9,12,14,23H,4-7,10-11,22H2,1-3H3. The first-order chi connectivity index (χ1) is 13.6. The van der Waals surface area contributed by atoms with Crippen molar-refractivity contribution >= 4 is 23.9 Å². The van der Waals surface area contributed by atoms with Crippen molar-refractivity contribution in [2.75, 3.05) is 49.5 Å². The van der Waals surface area contributed by atoms with E-state index in [1.807, 2.05) is 0 Å². The van der Waals surface area contributed by atoms with Gasteiger partial charge in [-0.3, -0.25) is 4.79 Å². The zero-order valence-electron chi connectivity index (χ0n) is 16.9. The summed E-state index contributed by atoms with van der Waals surface area (Å²) in [5.74, 6) is -1.45. The van der Waals surface area contributed by atoms with Gasteiger partial charge in [0.25, 0.3) is 6.47 Å². The van der Waals surface area contributed by atoms with E-state index in [4.69, 9.17) is 15.2 Å². The number of nitrogens with one attached hydrogen (secondary N) is 1. The van der Waals surface area contributed by atoms with Gasteiger partial charge in [-0.15, -0.1) is 0 Å². The molecule has 1 saturated heterocycles. The van der Waals surface area contributed by atoms with Gasteiger partial charge in [0, 0.05) is 38.4 Å². The molecule has 1 aromatic carbocycles. The minimum atomic E-state index is -0.723. The molecule has 1 fully saturated rings. The Hall–Kier alpha value is -2.62. The number of hydrogen-bond donors (Lipinski definition) is 2. The van der Waals surface area contributed by atoms with Crippen molar-refractivity contribution in [1.82, 2.24) is 4.90 Å². The average Bonchev–Trinajstić information content (AvgIpc) is 2.63. The van der Waals surface area contributed by atoms with E-state index in [1.165, 1.54) is 17.0 Å². The van der Waals surface area contributed by atoms with Crippen molar-refractivity contribution < 1.29 is 27.8 Å². The number of nitrogens with zero attached hydrogens (tertiary/aromatic N) is 2. The Labute approximate surface area is 168 Å². The summed E-state index contributed by atoms with van der Waals surface area (Å²) in [6.07, 6.45) is -1.04. The summed E-state index contributed by atoms with van der Waals surface area (Å²) >= 11 is 0. The van der Waals surface area contributed by atoms with Gasteiger partial charge < -0.3 is 30.3 Å². The van der Waals surface area contributed by atoms with Crippen LogP contribution in [0.15, 0.2) is 12.1 Å². The molecule has 3 N–H and O–H groups in total. The van der Waals surface area contributed by atoms with Gasteiger partial charge in [0.15, 0.2) is 11.6 Å². The highest BCUT2D eigenvalue weighted by atomic mass is 19.1. The van der Waals surface area contributed by atoms with E-state index in [0.29, 0.717) is 13.1 Å². The van der Waals surface area contributed by atoms with E-state index in [0.717, 1.165) is 0 Å². The highest BCUT2D eigenvalue weighted by Gasteiger charge is 2.28. The van der Waals surface area contributed by atoms with E-state index in [1.54, 1.807) is 25.7 Å². The number of carbonyl (C=O) groups excluding carboxylic acids is 2. The molecular formula is C19H28F2N4O4. The van der Waals surface area contributed by atoms with Crippen molar-refractivity contribution in [2.45, 2.75) is 32.5 Å². The van der Waals surface area contributed by atoms with Crippen LogP contribution in [0, 0.1) is 11.6 Å². The molecule has 1 aromatic rings. The maximum atomic E-state index is 14.6. The Bertz CT molecular complexity index is 696. The highest BCUT2D eigenvalue weighted by Crippen LogP contribution is 2.28. The first kappa shape index (κ1) is 22.7. The van der Waals surface area contributed by atoms with Gasteiger partial charge in [-0.2, -0.15) is 0 Å². The molecule has 1 aliphatic rings. The molecule has 8 nitrogen and oxygen atoms in total. The summed E-state index contributed by atoms with van der Waals surface area (Å²) in [7, 11) is 0. The fraction of sp³-hybridized carbons (Fsp3) is 0.579. The molecule has 1 atom stereocenters. The molecule has 29 heavy (non-hydrogen) atoms. The molecule has 1 amide bonds. The molecule has 0 radical (unpaired) electrons. The molecule has 1 heterocycles. The van der Waals surface area contributed by atoms with E-state index in [2.05, 4.69) is 5.32 Å². The molecule has 0 spiro atoms. The fourth-order valence-electron chi connectivity index (χ4n) is 2.91. The second kappa shape index (κ2) is 9.73. The number of nitrogens with two attached hydrogens (primary N) is 1. The Kier molecular flexibility index (Phi) is 7.60. The van der Waals surface area contributed by atoms with Crippen LogP contribution in [-0.2, 0) is 14.3 Å². The Morgan fingerprint density at radius 3 is 2.31 bits per heavy atom. The molecule has 10 heteroatoms. The van der Waals surface area contributed by atoms with Gasteiger partial charge in [-0.05, 0) is 32.9 Å². The van der Waals surface area contributed by atoms with Gasteiger partial charge >= 0.3 is 6.09 Å². The summed E-state index contributed by atoms with van der Waals surface area (Å²) in [6, 6.07) is 2.35. The minimum Gasteiger partial charge on any atom is -0.461 e. The third-order valence-corrected chi connectivity index (χ3v) is 4.31. The number of hydrogen-bond acceptors (Lipinski definition) is 7. The number of benzene rings is 1. The number of amides is 1. The summed E-state index contributed by atoms with van der Waals surface area (Å²) in [5.41, 5.74) is 4.93. The third kappa shape index (κ3) is 6.45. The predicted octanol–water partition coefficient (Wildman–Crippen LogP) is 1.93. The number of halogens is 2. The zero-order chi connectivity index (χ0) is 21.6. The van der Waals surface area contributed by atoms with Crippen LogP contribution < -0.4 is 16.0 Å². The lowest BCUT2D eigenvalue weighted by Crippen LogP contribution is -2.50. The zero-order valence-corrected chi connectivity index (χ0v) is 16.9. The highest BCUT2D eigenvalue weighted by molar-refractivity contribution is 5.69. The molecule has 0 bridgehead atoms. The second-order valence-corrected chi connectivity index (χ2v) is 7.71. The van der Waals surface area contributed by atoms with Crippen LogP contribution in [-0.4, -0.2) is 68.4 Å². The molecule has 162 valence electrons. The van der Waals surface area contributed by atoms with Crippen molar-refractivity contribution in [3.05, 3.63) is 23.8 Å². The summed E-state index contributed by atoms with van der Waals surface area (Å²) in [4.78, 5) is 25.6. The molecule has 0 saturated carbocycles. The first-order valence-electron chi connectivity index (χ1n) is 9.39. The van der Waals surface area contributed by atoms with Gasteiger partial charge in [-0.1, -0.05) is 0 Å². The monoisotopic (exact) mass is 414 g/mol. The van der Waals surface area contributed by atoms with Gasteiger partial charge in [0.05, 0.1) is 6.54 Å². The molecule has 1 unspecified atom stereocenters. The van der Waals surface area contributed by atoms with Crippen molar-refractivity contribution in [3.63, 3.8) is 0 Å². The number of carbonyl (C=O) groups is 2. The Balaban J connectivity index is 1.99. The summed E-state index contributed by atoms with van der Waals surface area (Å²) in [5, 5.41) is 2.80. The van der Waals surface area contributed by atoms with Crippen LogP contribution in [0.2, 0.25) is 0 Å². The van der Waals surface area contributed by atoms with Crippen LogP contribution in [0.3, 0.4) is 0 Å². The normalized spacial score (nSPS) is 15.7. The van der Waals surface area contributed by atoms with Crippen molar-refractivity contribution in [1.29, 1.82) is 0 Å². The maximum absolute atomic E-state index is 14.6. The number of rotatable bonds is 7. The smallest absolute Gasteiger partial charge is 0.410 e. The van der Waals surface area contributed by atoms with E-state index < -0.39 is 29.4 Å². The third-order valence-electron chi connectivity index (χ3n) is 4.31. The number of anilines is 2. The molecule has 0 aliphatic carbocycles. The second-order valence-electron chi connectivity index (χ2n) is 7.71. The predicted molar refractivity (Wildman–Crippen MR) is 105 cm³/mol. The first-order valence-corrected chi connectivity index (χ1v) is 9.39. The lowest BCUT2D eigenvalue weighted by atomic mass is 10.2. The maximum Gasteiger partial charge on any atom is 0.410 e. The van der Waals surface area contributed by atoms with E-state index in [9.17, 15) is 18.4 Å². The average molecular weight is 414 g/mol. The number of ether oxygens (including phenoxy) is 2. The number of piperazine rings is 1. The van der Waals surface area contributed by atoms with Crippen molar-refractivity contribution in [3.8, 4) is 0 Å². The molecule has 0 aromatic heterocycles. The summed E-state index contributed by atoms with van der Waals surface area (Å²) < 4.78 is 39.2. The van der Waals surface area contributed by atoms with Gasteiger partial charge in [0.1, 0.15) is 17.4 Å². The molecule has 1 aliphatic heterocycles. The molecular weight excluding hydrogens is 386 g/mol. The minimum absolute atomic E-state index is 0.0801. The van der Waals surface area contributed by atoms with Crippen LogP contribution in [0.5, 0.6) is 0 Å². The Morgan fingerprint density at radius 1 is 1.24 bits per heavy atom. The van der Waals surface area contributed by atoms with Crippen LogP contribution in [0.25, 0.3) is 0 Å². The van der Waals surface area contributed by atoms with Crippen LogP contribution >= 0.6 is 0 Å². The topological polar surface area (TPSA) is 97.1 Å². The van der Waals surface area contributed by atoms with Gasteiger partial charge in [0.2, 0.25) is 0 Å². The van der Waals surface area contributed by atoms with Crippen LogP contribution in [0.1, 0.15) is 20.8 Å². The van der Waals surface area contributed by atoms with Crippen LogP contribution in [0.4, 0.5) is 25.0 Å². The fourth-order valence-corrected chi connectivity index (χ4v) is 2.91. The lowest BCUT2D eigenvalue weighted by Gasteiger charge is -2.37.